The van der Waals surface area contributed by atoms with Crippen LogP contribution < -0.4 is 10.9 Å². The SMILES string of the molecule is Cc1cccc(Nc2nc3ccc(Br)cn3c(=O)c2CO)c1. The van der Waals surface area contributed by atoms with Crippen molar-refractivity contribution < 1.29 is 5.11 Å². The molecule has 0 saturated carbocycles. The van der Waals surface area contributed by atoms with Gasteiger partial charge < -0.3 is 10.4 Å². The zero-order chi connectivity index (χ0) is 15.7. The van der Waals surface area contributed by atoms with Gasteiger partial charge in [0.2, 0.25) is 0 Å². The Kier molecular flexibility index (Phi) is 3.96. The second kappa shape index (κ2) is 5.90. The maximum atomic E-state index is 12.5. The van der Waals surface area contributed by atoms with Crippen LogP contribution >= 0.6 is 15.9 Å². The van der Waals surface area contributed by atoms with Crippen molar-refractivity contribution in [3.8, 4) is 0 Å². The molecule has 0 amide bonds. The van der Waals surface area contributed by atoms with Crippen LogP contribution in [0, 0.1) is 6.92 Å². The lowest BCUT2D eigenvalue weighted by molar-refractivity contribution is 0.280. The smallest absolute Gasteiger partial charge is 0.265 e. The van der Waals surface area contributed by atoms with Gasteiger partial charge in [0, 0.05) is 16.4 Å². The third kappa shape index (κ3) is 2.75. The number of fused-ring (bicyclic) bond motifs is 1. The van der Waals surface area contributed by atoms with E-state index < -0.39 is 0 Å². The largest absolute Gasteiger partial charge is 0.391 e. The van der Waals surface area contributed by atoms with Crippen molar-refractivity contribution in [2.24, 2.45) is 0 Å². The summed E-state index contributed by atoms with van der Waals surface area (Å²) in [6, 6.07) is 11.3. The molecule has 1 aromatic carbocycles. The molecule has 2 heterocycles. The summed E-state index contributed by atoms with van der Waals surface area (Å²) < 4.78 is 2.18. The average molecular weight is 360 g/mol. The van der Waals surface area contributed by atoms with Crippen molar-refractivity contribution in [1.29, 1.82) is 0 Å². The van der Waals surface area contributed by atoms with Crippen LogP contribution in [0.3, 0.4) is 0 Å². The maximum absolute atomic E-state index is 12.5. The Balaban J connectivity index is 2.16. The van der Waals surface area contributed by atoms with E-state index in [-0.39, 0.29) is 17.7 Å². The number of pyridine rings is 1. The molecule has 0 fully saturated rings. The summed E-state index contributed by atoms with van der Waals surface area (Å²) in [6.45, 7) is 1.60. The zero-order valence-corrected chi connectivity index (χ0v) is 13.5. The van der Waals surface area contributed by atoms with E-state index in [0.29, 0.717) is 11.5 Å². The van der Waals surface area contributed by atoms with Crippen LogP contribution in [0.5, 0.6) is 0 Å². The average Bonchev–Trinajstić information content (AvgIpc) is 2.49. The number of benzene rings is 1. The van der Waals surface area contributed by atoms with Gasteiger partial charge in [-0.3, -0.25) is 9.20 Å². The van der Waals surface area contributed by atoms with Gasteiger partial charge in [-0.15, -0.1) is 0 Å². The number of nitrogens with one attached hydrogen (secondary N) is 1. The third-order valence-electron chi connectivity index (χ3n) is 3.32. The molecule has 0 saturated heterocycles. The number of rotatable bonds is 3. The second-order valence-electron chi connectivity index (χ2n) is 4.97. The molecule has 3 aromatic rings. The fourth-order valence-corrected chi connectivity index (χ4v) is 2.59. The highest BCUT2D eigenvalue weighted by molar-refractivity contribution is 9.10. The summed E-state index contributed by atoms with van der Waals surface area (Å²) in [5, 5.41) is 12.7. The van der Waals surface area contributed by atoms with E-state index in [9.17, 15) is 9.90 Å². The molecular formula is C16H14BrN3O2. The first kappa shape index (κ1) is 14.7. The number of anilines is 2. The highest BCUT2D eigenvalue weighted by atomic mass is 79.9. The highest BCUT2D eigenvalue weighted by Crippen LogP contribution is 2.19. The summed E-state index contributed by atoms with van der Waals surface area (Å²) in [5.41, 5.74) is 2.38. The van der Waals surface area contributed by atoms with Crippen molar-refractivity contribution in [2.45, 2.75) is 13.5 Å². The number of hydrogen-bond acceptors (Lipinski definition) is 4. The molecule has 0 aliphatic heterocycles. The standard InChI is InChI=1S/C16H14BrN3O2/c1-10-3-2-4-12(7-10)18-15-13(9-21)16(22)20-8-11(17)5-6-14(20)19-15/h2-8,18,21H,9H2,1H3. The second-order valence-corrected chi connectivity index (χ2v) is 5.89. The molecular weight excluding hydrogens is 346 g/mol. The molecule has 5 nitrogen and oxygen atoms in total. The van der Waals surface area contributed by atoms with Crippen molar-refractivity contribution >= 4 is 33.1 Å². The number of aryl methyl sites for hydroxylation is 1. The van der Waals surface area contributed by atoms with E-state index in [1.165, 1.54) is 4.40 Å². The Morgan fingerprint density at radius 2 is 2.14 bits per heavy atom. The quantitative estimate of drug-likeness (QED) is 0.754. The third-order valence-corrected chi connectivity index (χ3v) is 3.79. The minimum absolute atomic E-state index is 0.233. The number of halogens is 1. The van der Waals surface area contributed by atoms with Gasteiger partial charge in [0.15, 0.2) is 0 Å². The predicted octanol–water partition coefficient (Wildman–Crippen LogP) is 3.00. The fourth-order valence-electron chi connectivity index (χ4n) is 2.25. The molecule has 0 aliphatic rings. The van der Waals surface area contributed by atoms with Crippen LogP contribution in [-0.4, -0.2) is 14.5 Å². The van der Waals surface area contributed by atoms with Gasteiger partial charge in [0.1, 0.15) is 11.5 Å². The lowest BCUT2D eigenvalue weighted by Gasteiger charge is -2.12. The van der Waals surface area contributed by atoms with Crippen LogP contribution in [-0.2, 0) is 6.61 Å². The van der Waals surface area contributed by atoms with Crippen molar-refractivity contribution in [1.82, 2.24) is 9.38 Å². The molecule has 22 heavy (non-hydrogen) atoms. The predicted molar refractivity (Wildman–Crippen MR) is 89.5 cm³/mol. The minimum atomic E-state index is -0.380. The van der Waals surface area contributed by atoms with Crippen LogP contribution in [0.1, 0.15) is 11.1 Å². The molecule has 0 radical (unpaired) electrons. The molecule has 6 heteroatoms. The van der Waals surface area contributed by atoms with Gasteiger partial charge >= 0.3 is 0 Å². The number of aliphatic hydroxyl groups is 1. The van der Waals surface area contributed by atoms with E-state index in [0.717, 1.165) is 15.7 Å². The van der Waals surface area contributed by atoms with E-state index in [1.54, 1.807) is 12.3 Å². The number of aromatic nitrogens is 2. The topological polar surface area (TPSA) is 66.6 Å². The fraction of sp³-hybridized carbons (Fsp3) is 0.125. The molecule has 2 aromatic heterocycles. The van der Waals surface area contributed by atoms with Gasteiger partial charge in [0.25, 0.3) is 5.56 Å². The van der Waals surface area contributed by atoms with Gasteiger partial charge in [-0.05, 0) is 52.7 Å². The summed E-state index contributed by atoms with van der Waals surface area (Å²) in [7, 11) is 0. The van der Waals surface area contributed by atoms with Crippen molar-refractivity contribution in [3.63, 3.8) is 0 Å². The Morgan fingerprint density at radius 1 is 1.32 bits per heavy atom. The van der Waals surface area contributed by atoms with E-state index >= 15 is 0 Å². The number of hydrogen-bond donors (Lipinski definition) is 2. The molecule has 3 rings (SSSR count). The van der Waals surface area contributed by atoms with Crippen LogP contribution in [0.25, 0.3) is 5.65 Å². The first-order valence-electron chi connectivity index (χ1n) is 6.74. The number of aliphatic hydroxyl groups excluding tert-OH is 1. The monoisotopic (exact) mass is 359 g/mol. The summed E-state index contributed by atoms with van der Waals surface area (Å²) in [5.74, 6) is 0.375. The highest BCUT2D eigenvalue weighted by Gasteiger charge is 2.12. The van der Waals surface area contributed by atoms with E-state index in [2.05, 4.69) is 26.2 Å². The zero-order valence-electron chi connectivity index (χ0n) is 11.9. The number of nitrogens with zero attached hydrogens (tertiary/aromatic N) is 2. The lowest BCUT2D eigenvalue weighted by Crippen LogP contribution is -2.21. The molecule has 0 spiro atoms. The molecule has 0 bridgehead atoms. The lowest BCUT2D eigenvalue weighted by atomic mass is 10.2. The minimum Gasteiger partial charge on any atom is -0.391 e. The van der Waals surface area contributed by atoms with Gasteiger partial charge in [-0.25, -0.2) is 4.98 Å². The first-order chi connectivity index (χ1) is 10.6. The molecule has 2 N–H and O–H groups in total. The van der Waals surface area contributed by atoms with Crippen molar-refractivity contribution in [2.75, 3.05) is 5.32 Å². The first-order valence-corrected chi connectivity index (χ1v) is 7.53. The Labute approximate surface area is 135 Å². The van der Waals surface area contributed by atoms with Crippen LogP contribution in [0.4, 0.5) is 11.5 Å². The molecule has 112 valence electrons. The van der Waals surface area contributed by atoms with E-state index in [1.807, 2.05) is 37.3 Å². The van der Waals surface area contributed by atoms with Crippen molar-refractivity contribution in [3.05, 3.63) is 68.5 Å². The Hall–Kier alpha value is -2.18. The van der Waals surface area contributed by atoms with Gasteiger partial charge in [0.05, 0.1) is 12.2 Å². The summed E-state index contributed by atoms with van der Waals surface area (Å²) >= 11 is 3.33. The summed E-state index contributed by atoms with van der Waals surface area (Å²) in [4.78, 5) is 16.9. The van der Waals surface area contributed by atoms with Crippen LogP contribution in [0.2, 0.25) is 0 Å². The van der Waals surface area contributed by atoms with Crippen LogP contribution in [0.15, 0.2) is 51.9 Å². The molecule has 0 unspecified atom stereocenters. The Morgan fingerprint density at radius 3 is 2.86 bits per heavy atom. The normalized spacial score (nSPS) is 10.9. The summed E-state index contributed by atoms with van der Waals surface area (Å²) in [6.07, 6.45) is 1.64. The van der Waals surface area contributed by atoms with Gasteiger partial charge in [-0.2, -0.15) is 0 Å². The molecule has 0 atom stereocenters. The Bertz CT molecular complexity index is 906. The van der Waals surface area contributed by atoms with Gasteiger partial charge in [-0.1, -0.05) is 12.1 Å². The maximum Gasteiger partial charge on any atom is 0.265 e. The molecule has 0 aliphatic carbocycles. The van der Waals surface area contributed by atoms with E-state index in [4.69, 9.17) is 0 Å².